The first-order valence-corrected chi connectivity index (χ1v) is 10.8. The third-order valence-corrected chi connectivity index (χ3v) is 5.34. The number of carbonyl (C=O) groups excluding carboxylic acids is 2. The number of aliphatic carboxylic acids is 1. The van der Waals surface area contributed by atoms with E-state index >= 15 is 0 Å². The van der Waals surface area contributed by atoms with Gasteiger partial charge in [-0.1, -0.05) is 42.5 Å². The molecule has 0 bridgehead atoms. The van der Waals surface area contributed by atoms with E-state index in [1.54, 1.807) is 73.8 Å². The van der Waals surface area contributed by atoms with E-state index in [-0.39, 0.29) is 24.6 Å². The number of methoxy groups -OCH3 is 1. The predicted molar refractivity (Wildman–Crippen MR) is 128 cm³/mol. The summed E-state index contributed by atoms with van der Waals surface area (Å²) in [6.07, 6.45) is 1.79. The number of carboxylic acid groups (broad SMARTS) is 1. The zero-order valence-electron chi connectivity index (χ0n) is 18.9. The summed E-state index contributed by atoms with van der Waals surface area (Å²) in [7, 11) is 1.58. The lowest BCUT2D eigenvalue weighted by atomic mass is 10.1. The Balaban J connectivity index is 1.36. The smallest absolute Gasteiger partial charge is 0.326 e. The van der Waals surface area contributed by atoms with Crippen molar-refractivity contribution in [2.75, 3.05) is 13.7 Å². The number of ketones is 1. The fraction of sp³-hybridized carbons (Fsp3) is 0.148. The highest BCUT2D eigenvalue weighted by Gasteiger charge is 2.28. The van der Waals surface area contributed by atoms with Crippen LogP contribution in [0.1, 0.15) is 21.5 Å². The highest BCUT2D eigenvalue weighted by atomic mass is 16.5. The molecule has 35 heavy (non-hydrogen) atoms. The number of ether oxygens (including phenoxy) is 3. The molecule has 178 valence electrons. The number of rotatable bonds is 9. The van der Waals surface area contributed by atoms with Crippen molar-refractivity contribution in [1.29, 1.82) is 0 Å². The molecule has 1 atom stereocenters. The number of hydrogen-bond donors (Lipinski definition) is 2. The molecule has 0 spiro atoms. The zero-order chi connectivity index (χ0) is 24.8. The van der Waals surface area contributed by atoms with Crippen LogP contribution in [0.4, 0.5) is 0 Å². The molecule has 8 nitrogen and oxygen atoms in total. The van der Waals surface area contributed by atoms with Crippen LogP contribution in [0.15, 0.2) is 78.6 Å². The summed E-state index contributed by atoms with van der Waals surface area (Å²) in [5.74, 6) is -0.466. The number of amides is 1. The molecular weight excluding hydrogens is 450 g/mol. The average molecular weight is 473 g/mol. The van der Waals surface area contributed by atoms with Crippen LogP contribution >= 0.6 is 0 Å². The summed E-state index contributed by atoms with van der Waals surface area (Å²) in [5, 5.41) is 11.9. The van der Waals surface area contributed by atoms with Crippen molar-refractivity contribution in [3.8, 4) is 17.2 Å². The number of nitrogens with one attached hydrogen (secondary N) is 1. The van der Waals surface area contributed by atoms with Gasteiger partial charge in [-0.2, -0.15) is 0 Å². The maximum absolute atomic E-state index is 12.7. The molecule has 0 saturated carbocycles. The van der Waals surface area contributed by atoms with Crippen LogP contribution < -0.4 is 19.5 Å². The van der Waals surface area contributed by atoms with Gasteiger partial charge in [0.1, 0.15) is 23.3 Å². The molecule has 1 heterocycles. The first-order valence-electron chi connectivity index (χ1n) is 10.8. The minimum absolute atomic E-state index is 0.153. The van der Waals surface area contributed by atoms with E-state index < -0.39 is 17.9 Å². The second-order valence-electron chi connectivity index (χ2n) is 7.81. The molecule has 2 N–H and O–H groups in total. The van der Waals surface area contributed by atoms with E-state index in [0.717, 1.165) is 11.1 Å². The molecule has 1 amide bonds. The van der Waals surface area contributed by atoms with E-state index in [9.17, 15) is 19.5 Å². The van der Waals surface area contributed by atoms with Crippen LogP contribution in [0, 0.1) is 0 Å². The molecular formula is C27H23NO7. The Morgan fingerprint density at radius 1 is 1.03 bits per heavy atom. The molecule has 1 aliphatic rings. The lowest BCUT2D eigenvalue weighted by Crippen LogP contribution is -2.44. The molecule has 8 heteroatoms. The molecule has 3 aromatic carbocycles. The monoisotopic (exact) mass is 473 g/mol. The Morgan fingerprint density at radius 2 is 1.74 bits per heavy atom. The number of hydrogen-bond acceptors (Lipinski definition) is 6. The Morgan fingerprint density at radius 3 is 2.43 bits per heavy atom. The van der Waals surface area contributed by atoms with E-state index in [0.29, 0.717) is 22.8 Å². The number of fused-ring (bicyclic) bond motifs is 1. The highest BCUT2D eigenvalue weighted by molar-refractivity contribution is 6.14. The van der Waals surface area contributed by atoms with E-state index in [1.165, 1.54) is 6.07 Å². The van der Waals surface area contributed by atoms with Crippen molar-refractivity contribution in [2.45, 2.75) is 12.5 Å². The predicted octanol–water partition coefficient (Wildman–Crippen LogP) is 3.50. The van der Waals surface area contributed by atoms with Crippen molar-refractivity contribution >= 4 is 23.7 Å². The Labute approximate surface area is 201 Å². The van der Waals surface area contributed by atoms with Gasteiger partial charge in [-0.15, -0.1) is 0 Å². The third kappa shape index (κ3) is 5.86. The highest BCUT2D eigenvalue weighted by Crippen LogP contribution is 2.35. The van der Waals surface area contributed by atoms with E-state index in [1.807, 2.05) is 6.07 Å². The van der Waals surface area contributed by atoms with E-state index in [2.05, 4.69) is 5.32 Å². The van der Waals surface area contributed by atoms with Crippen LogP contribution in [-0.4, -0.2) is 42.5 Å². The first-order chi connectivity index (χ1) is 16.9. The normalized spacial score (nSPS) is 14.1. The van der Waals surface area contributed by atoms with Gasteiger partial charge in [0, 0.05) is 12.5 Å². The van der Waals surface area contributed by atoms with Crippen LogP contribution in [0.2, 0.25) is 0 Å². The number of allylic oxidation sites excluding steroid dienone is 1. The van der Waals surface area contributed by atoms with Gasteiger partial charge in [0.25, 0.3) is 5.91 Å². The number of benzene rings is 3. The van der Waals surface area contributed by atoms with Gasteiger partial charge in [0.2, 0.25) is 5.78 Å². The fourth-order valence-corrected chi connectivity index (χ4v) is 3.54. The minimum Gasteiger partial charge on any atom is -0.497 e. The number of carbonyl (C=O) groups is 3. The molecule has 1 aliphatic heterocycles. The summed E-state index contributed by atoms with van der Waals surface area (Å²) < 4.78 is 16.4. The second kappa shape index (κ2) is 10.6. The third-order valence-electron chi connectivity index (χ3n) is 5.34. The van der Waals surface area contributed by atoms with E-state index in [4.69, 9.17) is 14.2 Å². The first kappa shape index (κ1) is 23.6. The fourth-order valence-electron chi connectivity index (χ4n) is 3.54. The molecule has 3 aromatic rings. The van der Waals surface area contributed by atoms with Crippen LogP contribution in [-0.2, 0) is 16.0 Å². The van der Waals surface area contributed by atoms with Gasteiger partial charge in [-0.05, 0) is 41.5 Å². The molecule has 0 radical (unpaired) electrons. The topological polar surface area (TPSA) is 111 Å². The molecule has 0 unspecified atom stereocenters. The standard InChI is InChI=1S/C27H23NO7/c1-33-19-9-7-18(8-10-19)14-24-26(30)21-12-11-20(15-23(21)35-24)34-16-25(29)28-22(27(31)32)13-17-5-3-2-4-6-17/h2-12,14-15,22H,13,16H2,1H3,(H,28,29)(H,31,32)/b24-14+/t22-/m1/s1. The number of carboxylic acids is 1. The molecule has 0 fully saturated rings. The van der Waals surface area contributed by atoms with Crippen LogP contribution in [0.25, 0.3) is 6.08 Å². The summed E-state index contributed by atoms with van der Waals surface area (Å²) in [5.41, 5.74) is 1.95. The number of Topliss-reactive ketones (excluding diaryl/α,β-unsaturated/α-hetero) is 1. The van der Waals surface area contributed by atoms with Crippen LogP contribution in [0.3, 0.4) is 0 Å². The maximum Gasteiger partial charge on any atom is 0.326 e. The van der Waals surface area contributed by atoms with Crippen molar-refractivity contribution in [2.24, 2.45) is 0 Å². The summed E-state index contributed by atoms with van der Waals surface area (Å²) >= 11 is 0. The Hall–Kier alpha value is -4.59. The zero-order valence-corrected chi connectivity index (χ0v) is 18.9. The van der Waals surface area contributed by atoms with Gasteiger partial charge in [0.15, 0.2) is 12.4 Å². The van der Waals surface area contributed by atoms with Crippen molar-refractivity contribution in [3.05, 3.63) is 95.2 Å². The largest absolute Gasteiger partial charge is 0.497 e. The van der Waals surface area contributed by atoms with Gasteiger partial charge >= 0.3 is 5.97 Å². The Bertz CT molecular complexity index is 1270. The Kier molecular flexibility index (Phi) is 7.11. The van der Waals surface area contributed by atoms with Crippen molar-refractivity contribution in [1.82, 2.24) is 5.32 Å². The van der Waals surface area contributed by atoms with Crippen molar-refractivity contribution < 1.29 is 33.7 Å². The maximum atomic E-state index is 12.7. The van der Waals surface area contributed by atoms with Gasteiger partial charge in [-0.3, -0.25) is 9.59 Å². The second-order valence-corrected chi connectivity index (χ2v) is 7.81. The average Bonchev–Trinajstić information content (AvgIpc) is 3.17. The van der Waals surface area contributed by atoms with Gasteiger partial charge in [0.05, 0.1) is 12.7 Å². The molecule has 4 rings (SSSR count). The van der Waals surface area contributed by atoms with Crippen molar-refractivity contribution in [3.63, 3.8) is 0 Å². The summed E-state index contributed by atoms with van der Waals surface area (Å²) in [6, 6.07) is 19.8. The molecule has 0 aromatic heterocycles. The SMILES string of the molecule is COc1ccc(/C=C2/Oc3cc(OCC(=O)N[C@H](Cc4ccccc4)C(=O)O)ccc3C2=O)cc1. The summed E-state index contributed by atoms with van der Waals surface area (Å²) in [6.45, 7) is -0.389. The minimum atomic E-state index is -1.14. The summed E-state index contributed by atoms with van der Waals surface area (Å²) in [4.78, 5) is 36.5. The molecule has 0 saturated heterocycles. The quantitative estimate of drug-likeness (QED) is 0.458. The molecule has 0 aliphatic carbocycles. The van der Waals surface area contributed by atoms with Gasteiger partial charge in [-0.25, -0.2) is 4.79 Å². The van der Waals surface area contributed by atoms with Gasteiger partial charge < -0.3 is 24.6 Å². The lowest BCUT2D eigenvalue weighted by molar-refractivity contribution is -0.142. The lowest BCUT2D eigenvalue weighted by Gasteiger charge is -2.15. The van der Waals surface area contributed by atoms with Crippen LogP contribution in [0.5, 0.6) is 17.2 Å².